The van der Waals surface area contributed by atoms with Crippen LogP contribution < -0.4 is 0 Å². The first-order valence-electron chi connectivity index (χ1n) is 5.91. The summed E-state index contributed by atoms with van der Waals surface area (Å²) in [4.78, 5) is 15.5. The Bertz CT molecular complexity index is 624. The molecule has 0 unspecified atom stereocenters. The van der Waals surface area contributed by atoms with E-state index in [1.54, 1.807) is 6.92 Å². The van der Waals surface area contributed by atoms with Crippen LogP contribution in [-0.4, -0.2) is 32.1 Å². The van der Waals surface area contributed by atoms with E-state index in [0.717, 1.165) is 24.4 Å². The lowest BCUT2D eigenvalue weighted by molar-refractivity contribution is 0.0488. The summed E-state index contributed by atoms with van der Waals surface area (Å²) in [7, 11) is 0. The average molecular weight is 282 g/mol. The molecule has 2 rings (SSSR count). The highest BCUT2D eigenvalue weighted by Gasteiger charge is 2.22. The fourth-order valence-electron chi connectivity index (χ4n) is 1.64. The van der Waals surface area contributed by atoms with Gasteiger partial charge in [0.2, 0.25) is 5.88 Å². The second-order valence-electron chi connectivity index (χ2n) is 4.09. The van der Waals surface area contributed by atoms with Gasteiger partial charge >= 0.3 is 5.97 Å². The highest BCUT2D eigenvalue weighted by molar-refractivity contribution is 7.14. The van der Waals surface area contributed by atoms with Crippen LogP contribution in [0.4, 0.5) is 0 Å². The van der Waals surface area contributed by atoms with Crippen LogP contribution in [0.1, 0.15) is 35.9 Å². The quantitative estimate of drug-likeness (QED) is 0.660. The molecular weight excluding hydrogens is 268 g/mol. The number of ether oxygens (including phenoxy) is 1. The van der Waals surface area contributed by atoms with Gasteiger partial charge in [0.15, 0.2) is 11.4 Å². The molecule has 0 aliphatic rings. The molecule has 0 radical (unpaired) electrons. The second kappa shape index (κ2) is 5.40. The number of hydrogen-bond donors (Lipinski definition) is 2. The molecule has 0 bridgehead atoms. The number of esters is 1. The first kappa shape index (κ1) is 13.5. The molecule has 0 aliphatic carbocycles. The first-order valence-corrected chi connectivity index (χ1v) is 6.68. The lowest BCUT2D eigenvalue weighted by Gasteiger charge is -2.06. The standard InChI is InChI=1S/C12H14N2O4S/c1-3-4-5-18-12(17)8-9(15)10-7(11(16)13-8)6(2)14-19-10/h15H,3-5H2,1-2H3,(H,13,16). The average Bonchev–Trinajstić information content (AvgIpc) is 2.77. The van der Waals surface area contributed by atoms with E-state index in [1.165, 1.54) is 0 Å². The van der Waals surface area contributed by atoms with Crippen molar-refractivity contribution in [2.24, 2.45) is 0 Å². The van der Waals surface area contributed by atoms with E-state index in [1.807, 2.05) is 6.92 Å². The lowest BCUT2D eigenvalue weighted by atomic mass is 10.2. The molecule has 0 atom stereocenters. The van der Waals surface area contributed by atoms with Gasteiger partial charge in [-0.15, -0.1) is 0 Å². The van der Waals surface area contributed by atoms with Gasteiger partial charge in [-0.05, 0) is 24.9 Å². The molecule has 2 heterocycles. The Labute approximate surface area is 113 Å². The van der Waals surface area contributed by atoms with Crippen molar-refractivity contribution in [3.05, 3.63) is 11.4 Å². The van der Waals surface area contributed by atoms with Gasteiger partial charge in [0.1, 0.15) is 4.70 Å². The minimum atomic E-state index is -0.741. The fraction of sp³-hybridized carbons (Fsp3) is 0.417. The van der Waals surface area contributed by atoms with Crippen molar-refractivity contribution in [1.82, 2.24) is 9.36 Å². The largest absolute Gasteiger partial charge is 0.504 e. The number of aromatic hydroxyl groups is 2. The second-order valence-corrected chi connectivity index (χ2v) is 4.87. The zero-order valence-electron chi connectivity index (χ0n) is 10.6. The summed E-state index contributed by atoms with van der Waals surface area (Å²) >= 11 is 1.01. The summed E-state index contributed by atoms with van der Waals surface area (Å²) in [6.45, 7) is 3.93. The van der Waals surface area contributed by atoms with Gasteiger partial charge in [0.25, 0.3) is 0 Å². The van der Waals surface area contributed by atoms with Gasteiger partial charge in [-0.2, -0.15) is 4.37 Å². The van der Waals surface area contributed by atoms with Gasteiger partial charge < -0.3 is 14.9 Å². The van der Waals surface area contributed by atoms with Crippen LogP contribution >= 0.6 is 11.5 Å². The number of carbonyl (C=O) groups excluding carboxylic acids is 1. The van der Waals surface area contributed by atoms with Crippen LogP contribution in [0.3, 0.4) is 0 Å². The Morgan fingerprint density at radius 1 is 1.42 bits per heavy atom. The molecule has 2 N–H and O–H groups in total. The molecule has 0 saturated carbocycles. The highest BCUT2D eigenvalue weighted by Crippen LogP contribution is 2.37. The van der Waals surface area contributed by atoms with Gasteiger partial charge in [-0.1, -0.05) is 13.3 Å². The molecule has 6 nitrogen and oxygen atoms in total. The van der Waals surface area contributed by atoms with Crippen molar-refractivity contribution in [2.45, 2.75) is 26.7 Å². The third-order valence-electron chi connectivity index (χ3n) is 2.67. The number of carbonyl (C=O) groups is 1. The van der Waals surface area contributed by atoms with E-state index in [4.69, 9.17) is 4.74 Å². The van der Waals surface area contributed by atoms with E-state index in [0.29, 0.717) is 15.8 Å². The molecule has 0 spiro atoms. The van der Waals surface area contributed by atoms with Crippen LogP contribution in [0.5, 0.6) is 11.6 Å². The molecule has 19 heavy (non-hydrogen) atoms. The van der Waals surface area contributed by atoms with Gasteiger partial charge in [0, 0.05) is 0 Å². The van der Waals surface area contributed by atoms with Crippen LogP contribution in [0.2, 0.25) is 0 Å². The molecule has 0 aliphatic heterocycles. The zero-order valence-corrected chi connectivity index (χ0v) is 11.5. The highest BCUT2D eigenvalue weighted by atomic mass is 32.1. The first-order chi connectivity index (χ1) is 9.06. The molecular formula is C12H14N2O4S. The maximum atomic E-state index is 11.8. The van der Waals surface area contributed by atoms with Crippen LogP contribution in [0.25, 0.3) is 10.1 Å². The summed E-state index contributed by atoms with van der Waals surface area (Å²) in [5.41, 5.74) is 0.288. The summed E-state index contributed by atoms with van der Waals surface area (Å²) in [6.07, 6.45) is 1.63. The van der Waals surface area contributed by atoms with E-state index < -0.39 is 5.97 Å². The third-order valence-corrected chi connectivity index (χ3v) is 3.61. The SMILES string of the molecule is CCCCOC(=O)c1nc(O)c2c(C)nsc2c1O. The number of rotatable bonds is 4. The Hall–Kier alpha value is -1.89. The predicted octanol–water partition coefficient (Wildman–Crippen LogP) is 2.37. The maximum Gasteiger partial charge on any atom is 0.361 e. The van der Waals surface area contributed by atoms with Gasteiger partial charge in [-0.25, -0.2) is 9.78 Å². The molecule has 0 amide bonds. The minimum absolute atomic E-state index is 0.261. The topological polar surface area (TPSA) is 92.5 Å². The summed E-state index contributed by atoms with van der Waals surface area (Å²) in [6, 6.07) is 0. The van der Waals surface area contributed by atoms with Gasteiger partial charge in [-0.3, -0.25) is 0 Å². The number of nitrogens with zero attached hydrogens (tertiary/aromatic N) is 2. The summed E-state index contributed by atoms with van der Waals surface area (Å²) in [5, 5.41) is 20.2. The van der Waals surface area contributed by atoms with Crippen molar-refractivity contribution < 1.29 is 19.7 Å². The Morgan fingerprint density at radius 3 is 2.84 bits per heavy atom. The monoisotopic (exact) mass is 282 g/mol. The maximum absolute atomic E-state index is 11.8. The van der Waals surface area contributed by atoms with E-state index >= 15 is 0 Å². The van der Waals surface area contributed by atoms with Crippen molar-refractivity contribution in [2.75, 3.05) is 6.61 Å². The van der Waals surface area contributed by atoms with Crippen molar-refractivity contribution >= 4 is 27.6 Å². The van der Waals surface area contributed by atoms with E-state index in [-0.39, 0.29) is 23.9 Å². The molecule has 0 fully saturated rings. The molecule has 2 aromatic heterocycles. The Kier molecular flexibility index (Phi) is 3.84. The molecule has 102 valence electrons. The van der Waals surface area contributed by atoms with Crippen LogP contribution in [-0.2, 0) is 4.74 Å². The molecule has 0 aromatic carbocycles. The number of unbranched alkanes of at least 4 members (excludes halogenated alkanes) is 1. The third kappa shape index (κ3) is 2.46. The van der Waals surface area contributed by atoms with E-state index in [2.05, 4.69) is 9.36 Å². The smallest absolute Gasteiger partial charge is 0.361 e. The molecule has 2 aromatic rings. The van der Waals surface area contributed by atoms with E-state index in [9.17, 15) is 15.0 Å². The number of pyridine rings is 1. The van der Waals surface area contributed by atoms with Gasteiger partial charge in [0.05, 0.1) is 17.7 Å². The number of aromatic nitrogens is 2. The van der Waals surface area contributed by atoms with Crippen molar-refractivity contribution in [1.29, 1.82) is 0 Å². The normalized spacial score (nSPS) is 10.8. The Morgan fingerprint density at radius 2 is 2.16 bits per heavy atom. The number of aryl methyl sites for hydroxylation is 1. The fourth-order valence-corrected chi connectivity index (χ4v) is 2.47. The zero-order chi connectivity index (χ0) is 14.0. The summed E-state index contributed by atoms with van der Waals surface area (Å²) in [5.74, 6) is -1.35. The molecule has 7 heteroatoms. The van der Waals surface area contributed by atoms with Crippen molar-refractivity contribution in [3.8, 4) is 11.6 Å². The number of fused-ring (bicyclic) bond motifs is 1. The van der Waals surface area contributed by atoms with Crippen LogP contribution in [0, 0.1) is 6.92 Å². The lowest BCUT2D eigenvalue weighted by Crippen LogP contribution is -2.08. The van der Waals surface area contributed by atoms with Crippen LogP contribution in [0.15, 0.2) is 0 Å². The molecule has 0 saturated heterocycles. The summed E-state index contributed by atoms with van der Waals surface area (Å²) < 4.78 is 9.33. The minimum Gasteiger partial charge on any atom is -0.504 e. The Balaban J connectivity index is 2.39. The number of hydrogen-bond acceptors (Lipinski definition) is 7. The predicted molar refractivity (Wildman–Crippen MR) is 70.7 cm³/mol. The van der Waals surface area contributed by atoms with Crippen molar-refractivity contribution in [3.63, 3.8) is 0 Å².